The van der Waals surface area contributed by atoms with Crippen molar-refractivity contribution in [1.29, 1.82) is 0 Å². The maximum absolute atomic E-state index is 12.5. The summed E-state index contributed by atoms with van der Waals surface area (Å²) in [5.41, 5.74) is 0. The van der Waals surface area contributed by atoms with Crippen molar-refractivity contribution in [2.45, 2.75) is 42.3 Å². The maximum atomic E-state index is 12.5. The minimum atomic E-state index is -3.89. The highest BCUT2D eigenvalue weighted by Gasteiger charge is 2.39. The quantitative estimate of drug-likeness (QED) is 0.718. The number of primary sulfonamides is 1. The van der Waals surface area contributed by atoms with E-state index in [0.29, 0.717) is 22.0 Å². The van der Waals surface area contributed by atoms with Gasteiger partial charge in [-0.05, 0) is 43.5 Å². The number of sulfonamides is 1. The molecular formula is C17H19N3O4S2. The smallest absolute Gasteiger partial charge is 0.261 e. The summed E-state index contributed by atoms with van der Waals surface area (Å²) in [6, 6.07) is 10.5. The lowest BCUT2D eigenvalue weighted by atomic mass is 9.95. The fourth-order valence-corrected chi connectivity index (χ4v) is 5.03. The lowest BCUT2D eigenvalue weighted by molar-refractivity contribution is 0.0935. The van der Waals surface area contributed by atoms with E-state index >= 15 is 0 Å². The summed E-state index contributed by atoms with van der Waals surface area (Å²) < 4.78 is 28.9. The summed E-state index contributed by atoms with van der Waals surface area (Å²) in [6.45, 7) is 0. The van der Waals surface area contributed by atoms with Gasteiger partial charge in [0, 0.05) is 18.1 Å². The Labute approximate surface area is 155 Å². The van der Waals surface area contributed by atoms with Crippen LogP contribution in [0.4, 0.5) is 0 Å². The fraction of sp³-hybridized carbons (Fsp3) is 0.353. The highest BCUT2D eigenvalue weighted by molar-refractivity contribution is 7.89. The van der Waals surface area contributed by atoms with Crippen LogP contribution in [-0.2, 0) is 10.0 Å². The van der Waals surface area contributed by atoms with Crippen LogP contribution < -0.4 is 20.5 Å². The molecule has 4 rings (SSSR count). The first-order chi connectivity index (χ1) is 12.4. The third-order valence-corrected chi connectivity index (χ3v) is 6.70. The van der Waals surface area contributed by atoms with Crippen LogP contribution in [0.1, 0.15) is 28.9 Å². The molecule has 9 heteroatoms. The van der Waals surface area contributed by atoms with Gasteiger partial charge >= 0.3 is 0 Å². The second kappa shape index (κ2) is 6.66. The van der Waals surface area contributed by atoms with Crippen LogP contribution in [0.5, 0.6) is 10.8 Å². The zero-order valence-corrected chi connectivity index (χ0v) is 15.5. The molecule has 2 aliphatic heterocycles. The van der Waals surface area contributed by atoms with E-state index in [1.165, 1.54) is 29.9 Å². The number of fused-ring (bicyclic) bond motifs is 2. The normalized spacial score (nSPS) is 24.6. The molecule has 0 aliphatic carbocycles. The number of ether oxygens (including phenoxy) is 1. The molecule has 2 saturated heterocycles. The largest absolute Gasteiger partial charge is 0.445 e. The summed E-state index contributed by atoms with van der Waals surface area (Å²) >= 11 is 1.17. The number of benzene rings is 1. The van der Waals surface area contributed by atoms with Crippen LogP contribution in [0.25, 0.3) is 0 Å². The molecule has 0 radical (unpaired) electrons. The Kier molecular flexibility index (Phi) is 4.47. The summed E-state index contributed by atoms with van der Waals surface area (Å²) in [4.78, 5) is 12.9. The van der Waals surface area contributed by atoms with Gasteiger partial charge < -0.3 is 15.4 Å². The molecule has 3 heterocycles. The predicted octanol–water partition coefficient (Wildman–Crippen LogP) is 1.81. The van der Waals surface area contributed by atoms with E-state index in [1.54, 1.807) is 24.3 Å². The molecule has 7 nitrogen and oxygen atoms in total. The lowest BCUT2D eigenvalue weighted by Crippen LogP contribution is -2.42. The number of nitrogens with one attached hydrogen (secondary N) is 2. The van der Waals surface area contributed by atoms with Crippen molar-refractivity contribution in [1.82, 2.24) is 10.6 Å². The van der Waals surface area contributed by atoms with Gasteiger partial charge in [-0.15, -0.1) is 0 Å². The molecule has 1 amide bonds. The minimum Gasteiger partial charge on any atom is -0.445 e. The average molecular weight is 393 g/mol. The number of thiophene rings is 1. The van der Waals surface area contributed by atoms with E-state index in [2.05, 4.69) is 10.6 Å². The van der Waals surface area contributed by atoms with Crippen molar-refractivity contribution < 1.29 is 17.9 Å². The van der Waals surface area contributed by atoms with Crippen LogP contribution >= 0.6 is 11.3 Å². The van der Waals surface area contributed by atoms with E-state index in [4.69, 9.17) is 9.88 Å². The van der Waals surface area contributed by atoms with Crippen molar-refractivity contribution in [3.63, 3.8) is 0 Å². The predicted molar refractivity (Wildman–Crippen MR) is 98.0 cm³/mol. The monoisotopic (exact) mass is 393 g/mol. The van der Waals surface area contributed by atoms with Crippen molar-refractivity contribution in [2.75, 3.05) is 0 Å². The molecule has 2 aliphatic rings. The van der Waals surface area contributed by atoms with Crippen molar-refractivity contribution in [3.8, 4) is 10.8 Å². The number of rotatable bonds is 5. The molecule has 138 valence electrons. The van der Waals surface area contributed by atoms with E-state index in [9.17, 15) is 13.2 Å². The van der Waals surface area contributed by atoms with Crippen LogP contribution in [0.15, 0.2) is 41.3 Å². The topological polar surface area (TPSA) is 111 Å². The Balaban J connectivity index is 1.46. The molecule has 4 N–H and O–H groups in total. The Morgan fingerprint density at radius 3 is 2.73 bits per heavy atom. The van der Waals surface area contributed by atoms with Crippen LogP contribution in [-0.4, -0.2) is 32.5 Å². The lowest BCUT2D eigenvalue weighted by Gasteiger charge is -2.20. The molecular weight excluding hydrogens is 374 g/mol. The third-order valence-electron chi connectivity index (χ3n) is 4.79. The van der Waals surface area contributed by atoms with E-state index < -0.39 is 10.0 Å². The summed E-state index contributed by atoms with van der Waals surface area (Å²) in [7, 11) is -3.89. The van der Waals surface area contributed by atoms with Crippen molar-refractivity contribution in [2.24, 2.45) is 5.14 Å². The minimum absolute atomic E-state index is 0.0903. The summed E-state index contributed by atoms with van der Waals surface area (Å²) in [5, 5.41) is 12.2. The van der Waals surface area contributed by atoms with Gasteiger partial charge in [0.15, 0.2) is 5.06 Å². The van der Waals surface area contributed by atoms with Crippen LogP contribution in [0.2, 0.25) is 0 Å². The molecule has 2 fully saturated rings. The molecule has 3 atom stereocenters. The first-order valence-corrected chi connectivity index (χ1v) is 10.7. The zero-order valence-electron chi connectivity index (χ0n) is 13.8. The number of carbonyl (C=O) groups excluding carboxylic acids is 1. The van der Waals surface area contributed by atoms with Gasteiger partial charge in [-0.1, -0.05) is 23.5 Å². The molecule has 2 bridgehead atoms. The second-order valence-corrected chi connectivity index (χ2v) is 9.15. The molecule has 0 saturated carbocycles. The number of nitrogens with two attached hydrogens (primary N) is 1. The van der Waals surface area contributed by atoms with Gasteiger partial charge in [-0.3, -0.25) is 4.79 Å². The average Bonchev–Trinajstić information content (AvgIpc) is 3.31. The van der Waals surface area contributed by atoms with Gasteiger partial charge in [0.2, 0.25) is 10.0 Å². The third kappa shape index (κ3) is 3.48. The van der Waals surface area contributed by atoms with Gasteiger partial charge in [0.1, 0.15) is 10.6 Å². The number of hydrogen-bond acceptors (Lipinski definition) is 6. The standard InChI is InChI=1S/C17H19N3O4S2/c18-26(22,23)15-4-2-1-3-13(15)24-16-8-7-14(25-16)17(21)20-12-9-10-5-6-11(12)19-10/h1-4,7-8,10-12,19H,5-6,9H2,(H,20,21)(H2,18,22,23)/t10-,11+,12-/m1/s1. The SMILES string of the molecule is NS(=O)(=O)c1ccccc1Oc1ccc(C(=O)N[C@@H]2C[C@H]3CC[C@@H]2N3)s1. The first kappa shape index (κ1) is 17.5. The molecule has 26 heavy (non-hydrogen) atoms. The Hall–Kier alpha value is -1.94. The van der Waals surface area contributed by atoms with Crippen molar-refractivity contribution >= 4 is 27.3 Å². The van der Waals surface area contributed by atoms with Gasteiger partial charge in [0.05, 0.1) is 4.88 Å². The molecule has 0 unspecified atom stereocenters. The summed E-state index contributed by atoms with van der Waals surface area (Å²) in [5.74, 6) is 0.00467. The zero-order chi connectivity index (χ0) is 18.3. The number of amides is 1. The number of para-hydroxylation sites is 1. The Bertz CT molecular complexity index is 941. The second-order valence-electron chi connectivity index (χ2n) is 6.58. The molecule has 1 aromatic carbocycles. The fourth-order valence-electron chi connectivity index (χ4n) is 3.60. The summed E-state index contributed by atoms with van der Waals surface area (Å²) in [6.07, 6.45) is 3.24. The highest BCUT2D eigenvalue weighted by Crippen LogP contribution is 2.33. The van der Waals surface area contributed by atoms with E-state index in [1.807, 2.05) is 0 Å². The first-order valence-electron chi connectivity index (χ1n) is 8.36. The van der Waals surface area contributed by atoms with Gasteiger partial charge in [-0.2, -0.15) is 0 Å². The Morgan fingerprint density at radius 2 is 2.04 bits per heavy atom. The molecule has 1 aromatic heterocycles. The van der Waals surface area contributed by atoms with Gasteiger partial charge in [-0.25, -0.2) is 13.6 Å². The van der Waals surface area contributed by atoms with Crippen LogP contribution in [0, 0.1) is 0 Å². The highest BCUT2D eigenvalue weighted by atomic mass is 32.2. The Morgan fingerprint density at radius 1 is 1.23 bits per heavy atom. The van der Waals surface area contributed by atoms with Crippen LogP contribution in [0.3, 0.4) is 0 Å². The molecule has 0 spiro atoms. The molecule has 2 aromatic rings. The van der Waals surface area contributed by atoms with E-state index in [-0.39, 0.29) is 22.6 Å². The number of hydrogen-bond donors (Lipinski definition) is 3. The maximum Gasteiger partial charge on any atom is 0.261 e. The van der Waals surface area contributed by atoms with E-state index in [0.717, 1.165) is 12.8 Å². The van der Waals surface area contributed by atoms with Gasteiger partial charge in [0.25, 0.3) is 5.91 Å². The van der Waals surface area contributed by atoms with Crippen molar-refractivity contribution in [3.05, 3.63) is 41.3 Å². The number of carbonyl (C=O) groups is 1.